The van der Waals surface area contributed by atoms with Crippen molar-refractivity contribution >= 4 is 17.5 Å². The second-order valence-corrected chi connectivity index (χ2v) is 6.59. The molecule has 7 nitrogen and oxygen atoms in total. The molecule has 0 spiro atoms. The molecular weight excluding hydrogens is 392 g/mol. The van der Waals surface area contributed by atoms with Crippen molar-refractivity contribution in [1.82, 2.24) is 24.6 Å². The number of nitrogens with two attached hydrogens (primary N) is 1. The minimum Gasteiger partial charge on any atom is -0.383 e. The number of rotatable bonds is 4. The second-order valence-electron chi connectivity index (χ2n) is 6.59. The van der Waals surface area contributed by atoms with Crippen LogP contribution in [-0.2, 0) is 6.18 Å². The summed E-state index contributed by atoms with van der Waals surface area (Å²) in [6, 6.07) is -0.225. The lowest BCUT2D eigenvalue weighted by Crippen LogP contribution is -2.51. The van der Waals surface area contributed by atoms with Crippen LogP contribution in [0.15, 0.2) is 6.20 Å². The average Bonchev–Trinajstić information content (AvgIpc) is 2.79. The molecule has 13 heteroatoms. The van der Waals surface area contributed by atoms with Crippen molar-refractivity contribution in [1.29, 1.82) is 0 Å². The number of aromatic nitrogens is 4. The number of alkyl halides is 6. The van der Waals surface area contributed by atoms with Crippen molar-refractivity contribution in [2.45, 2.75) is 32.2 Å². The van der Waals surface area contributed by atoms with Crippen LogP contribution in [0.3, 0.4) is 0 Å². The quantitative estimate of drug-likeness (QED) is 0.756. The molecule has 0 saturated carbocycles. The predicted molar refractivity (Wildman–Crippen MR) is 88.0 cm³/mol. The van der Waals surface area contributed by atoms with Gasteiger partial charge in [0.2, 0.25) is 5.95 Å². The first kappa shape index (κ1) is 20.2. The Hall–Kier alpha value is -2.57. The topological polar surface area (TPSA) is 84.9 Å². The van der Waals surface area contributed by atoms with E-state index < -0.39 is 30.3 Å². The monoisotopic (exact) mass is 409 g/mol. The summed E-state index contributed by atoms with van der Waals surface area (Å²) < 4.78 is 77.4. The fourth-order valence-electron chi connectivity index (χ4n) is 3.01. The number of anilines is 3. The van der Waals surface area contributed by atoms with Crippen molar-refractivity contribution in [3.63, 3.8) is 0 Å². The molecule has 0 amide bonds. The van der Waals surface area contributed by atoms with Crippen LogP contribution in [0.2, 0.25) is 0 Å². The summed E-state index contributed by atoms with van der Waals surface area (Å²) in [5.74, 6) is -0.827. The Morgan fingerprint density at radius 1 is 1.11 bits per heavy atom. The van der Waals surface area contributed by atoms with E-state index in [9.17, 15) is 26.3 Å². The van der Waals surface area contributed by atoms with Gasteiger partial charge in [0.1, 0.15) is 11.4 Å². The smallest absolute Gasteiger partial charge is 0.383 e. The summed E-state index contributed by atoms with van der Waals surface area (Å²) in [4.78, 5) is 8.68. The van der Waals surface area contributed by atoms with Gasteiger partial charge in [-0.3, -0.25) is 9.58 Å². The lowest BCUT2D eigenvalue weighted by atomic mass is 10.1. The number of aryl methyl sites for hydroxylation is 2. The average molecular weight is 409 g/mol. The maximum Gasteiger partial charge on any atom is 0.421 e. The van der Waals surface area contributed by atoms with Crippen LogP contribution in [0.1, 0.15) is 23.0 Å². The van der Waals surface area contributed by atoms with Crippen molar-refractivity contribution in [3.05, 3.63) is 23.1 Å². The normalized spacial score (nSPS) is 16.3. The largest absolute Gasteiger partial charge is 0.421 e. The van der Waals surface area contributed by atoms with E-state index in [0.29, 0.717) is 11.4 Å². The number of nitrogens with one attached hydrogen (secondary N) is 1. The van der Waals surface area contributed by atoms with E-state index in [1.807, 2.05) is 0 Å². The molecule has 0 radical (unpaired) electrons. The first-order valence-corrected chi connectivity index (χ1v) is 8.16. The van der Waals surface area contributed by atoms with E-state index in [1.54, 1.807) is 13.1 Å². The molecule has 2 aromatic heterocycles. The van der Waals surface area contributed by atoms with Gasteiger partial charge in [0.05, 0.1) is 29.7 Å². The first-order valence-electron chi connectivity index (χ1n) is 8.16. The van der Waals surface area contributed by atoms with Gasteiger partial charge in [-0.2, -0.15) is 36.4 Å². The van der Waals surface area contributed by atoms with Crippen LogP contribution in [0.25, 0.3) is 0 Å². The highest BCUT2D eigenvalue weighted by Gasteiger charge is 2.38. The number of nitrogen functional groups attached to an aromatic ring is 1. The molecular formula is C15H17F6N7. The lowest BCUT2D eigenvalue weighted by molar-refractivity contribution is -0.157. The Morgan fingerprint density at radius 3 is 2.29 bits per heavy atom. The highest BCUT2D eigenvalue weighted by atomic mass is 19.4. The van der Waals surface area contributed by atoms with Crippen molar-refractivity contribution in [3.8, 4) is 0 Å². The molecule has 1 aliphatic rings. The number of likely N-dealkylation sites (tertiary alicyclic amines) is 1. The molecule has 1 fully saturated rings. The summed E-state index contributed by atoms with van der Waals surface area (Å²) in [6.45, 7) is 2.23. The lowest BCUT2D eigenvalue weighted by Gasteiger charge is -2.39. The standard InChI is InChI=1S/C15H17F6N7/c1-7-10(5-28(26-7)9-3-27(4-9)6-14(16,17)18)24-13-23-8(2)11(12(22)25-13)15(19,20)21/h5,9H,3-4,6H2,1-2H3,(H3,22,23,24,25). The summed E-state index contributed by atoms with van der Waals surface area (Å²) in [5.41, 5.74) is 4.92. The minimum absolute atomic E-state index is 0.127. The second kappa shape index (κ2) is 6.79. The van der Waals surface area contributed by atoms with Gasteiger partial charge >= 0.3 is 12.4 Å². The summed E-state index contributed by atoms with van der Waals surface area (Å²) in [7, 11) is 0. The van der Waals surface area contributed by atoms with Crippen LogP contribution in [0, 0.1) is 13.8 Å². The summed E-state index contributed by atoms with van der Waals surface area (Å²) >= 11 is 0. The van der Waals surface area contributed by atoms with E-state index in [2.05, 4.69) is 20.4 Å². The molecule has 0 unspecified atom stereocenters. The van der Waals surface area contributed by atoms with E-state index >= 15 is 0 Å². The fraction of sp³-hybridized carbons (Fsp3) is 0.533. The van der Waals surface area contributed by atoms with Crippen LogP contribution >= 0.6 is 0 Å². The summed E-state index contributed by atoms with van der Waals surface area (Å²) in [5, 5.41) is 7.00. The SMILES string of the molecule is Cc1nn(C2CN(CC(F)(F)F)C2)cc1Nc1nc(C)c(C(F)(F)F)c(N)n1. The molecule has 0 aromatic carbocycles. The highest BCUT2D eigenvalue weighted by molar-refractivity contribution is 5.58. The van der Waals surface area contributed by atoms with Crippen molar-refractivity contribution in [2.75, 3.05) is 30.7 Å². The maximum absolute atomic E-state index is 12.9. The third-order valence-corrected chi connectivity index (χ3v) is 4.28. The molecule has 0 bridgehead atoms. The van der Waals surface area contributed by atoms with E-state index in [0.717, 1.165) is 0 Å². The Morgan fingerprint density at radius 2 is 1.75 bits per heavy atom. The molecule has 0 aliphatic carbocycles. The van der Waals surface area contributed by atoms with Gasteiger partial charge in [-0.15, -0.1) is 0 Å². The van der Waals surface area contributed by atoms with Crippen molar-refractivity contribution in [2.24, 2.45) is 0 Å². The van der Waals surface area contributed by atoms with E-state index in [4.69, 9.17) is 5.73 Å². The van der Waals surface area contributed by atoms with Crippen LogP contribution in [-0.4, -0.2) is 50.5 Å². The zero-order valence-electron chi connectivity index (χ0n) is 14.9. The third-order valence-electron chi connectivity index (χ3n) is 4.28. The van der Waals surface area contributed by atoms with Gasteiger partial charge in [0.15, 0.2) is 0 Å². The van der Waals surface area contributed by atoms with Gasteiger partial charge in [-0.1, -0.05) is 0 Å². The molecule has 28 heavy (non-hydrogen) atoms. The Kier molecular flexibility index (Phi) is 4.89. The zero-order valence-corrected chi connectivity index (χ0v) is 14.9. The Labute approximate surface area is 155 Å². The molecule has 2 aromatic rings. The molecule has 1 aliphatic heterocycles. The van der Waals surface area contributed by atoms with Gasteiger partial charge in [-0.05, 0) is 13.8 Å². The number of halogens is 6. The first-order chi connectivity index (χ1) is 12.8. The van der Waals surface area contributed by atoms with Gasteiger partial charge in [0, 0.05) is 19.3 Å². The van der Waals surface area contributed by atoms with E-state index in [-0.39, 0.29) is 30.8 Å². The fourth-order valence-corrected chi connectivity index (χ4v) is 3.01. The zero-order chi connectivity index (χ0) is 20.9. The predicted octanol–water partition coefficient (Wildman–Crippen LogP) is 3.05. The van der Waals surface area contributed by atoms with E-state index in [1.165, 1.54) is 16.5 Å². The van der Waals surface area contributed by atoms with Crippen molar-refractivity contribution < 1.29 is 26.3 Å². The number of hydrogen-bond acceptors (Lipinski definition) is 6. The summed E-state index contributed by atoms with van der Waals surface area (Å²) in [6.07, 6.45) is -7.37. The molecule has 0 atom stereocenters. The molecule has 154 valence electrons. The Bertz CT molecular complexity index is 844. The van der Waals surface area contributed by atoms with Crippen LogP contribution < -0.4 is 11.1 Å². The number of hydrogen-bond donors (Lipinski definition) is 2. The van der Waals surface area contributed by atoms with Gasteiger partial charge in [-0.25, -0.2) is 4.98 Å². The molecule has 3 rings (SSSR count). The molecule has 3 N–H and O–H groups in total. The van der Waals surface area contributed by atoms with Gasteiger partial charge in [0.25, 0.3) is 0 Å². The highest BCUT2D eigenvalue weighted by Crippen LogP contribution is 2.35. The maximum atomic E-state index is 12.9. The third kappa shape index (κ3) is 4.29. The Balaban J connectivity index is 1.72. The van der Waals surface area contributed by atoms with Gasteiger partial charge < -0.3 is 11.1 Å². The minimum atomic E-state index is -4.67. The van der Waals surface area contributed by atoms with Crippen LogP contribution in [0.5, 0.6) is 0 Å². The number of nitrogens with zero attached hydrogens (tertiary/aromatic N) is 5. The van der Waals surface area contributed by atoms with Crippen LogP contribution in [0.4, 0.5) is 43.8 Å². The molecule has 3 heterocycles. The molecule has 1 saturated heterocycles.